The smallest absolute Gasteiger partial charge is 0.121 e. The Balaban J connectivity index is 2.24. The lowest BCUT2D eigenvalue weighted by Gasteiger charge is -2.26. The van der Waals surface area contributed by atoms with Crippen LogP contribution in [0.3, 0.4) is 0 Å². The third-order valence-electron chi connectivity index (χ3n) is 4.48. The number of fused-ring (bicyclic) bond motifs is 1. The van der Waals surface area contributed by atoms with Crippen LogP contribution in [0.1, 0.15) is 44.4 Å². The molecular formula is C21H27N3O2. The first kappa shape index (κ1) is 18.4. The molecule has 0 aliphatic carbocycles. The van der Waals surface area contributed by atoms with Gasteiger partial charge in [-0.2, -0.15) is 4.80 Å². The van der Waals surface area contributed by atoms with Crippen molar-refractivity contribution in [2.45, 2.75) is 52.6 Å². The van der Waals surface area contributed by atoms with Crippen LogP contribution in [-0.4, -0.2) is 33.3 Å². The maximum Gasteiger partial charge on any atom is 0.121 e. The molecule has 1 heterocycles. The molecule has 3 rings (SSSR count). The van der Waals surface area contributed by atoms with Crippen LogP contribution in [0.2, 0.25) is 0 Å². The Morgan fingerprint density at radius 2 is 1.81 bits per heavy atom. The van der Waals surface area contributed by atoms with Gasteiger partial charge in [0.05, 0.1) is 18.9 Å². The van der Waals surface area contributed by atoms with E-state index < -0.39 is 6.10 Å². The molecule has 1 unspecified atom stereocenters. The molecule has 0 aliphatic rings. The molecule has 0 saturated heterocycles. The molecule has 2 aromatic carbocycles. The predicted molar refractivity (Wildman–Crippen MR) is 104 cm³/mol. The highest BCUT2D eigenvalue weighted by atomic mass is 16.5. The van der Waals surface area contributed by atoms with Gasteiger partial charge in [0, 0.05) is 12.5 Å². The first-order chi connectivity index (χ1) is 12.2. The van der Waals surface area contributed by atoms with Crippen molar-refractivity contribution in [3.8, 4) is 11.4 Å². The number of benzene rings is 2. The summed E-state index contributed by atoms with van der Waals surface area (Å²) in [6, 6.07) is 9.96. The van der Waals surface area contributed by atoms with Gasteiger partial charge >= 0.3 is 0 Å². The van der Waals surface area contributed by atoms with Crippen molar-refractivity contribution in [2.24, 2.45) is 0 Å². The van der Waals surface area contributed by atoms with E-state index in [0.717, 1.165) is 33.6 Å². The molecular weight excluding hydrogens is 326 g/mol. The highest BCUT2D eigenvalue weighted by Gasteiger charge is 2.23. The number of methoxy groups -OCH3 is 1. The minimum Gasteiger partial charge on any atom is -0.497 e. The highest BCUT2D eigenvalue weighted by Crippen LogP contribution is 2.32. The molecule has 1 aromatic heterocycles. The summed E-state index contributed by atoms with van der Waals surface area (Å²) in [6.45, 7) is 10.5. The molecule has 1 N–H and O–H groups in total. The summed E-state index contributed by atoms with van der Waals surface area (Å²) in [4.78, 5) is 1.68. The van der Waals surface area contributed by atoms with Gasteiger partial charge in [0.15, 0.2) is 0 Å². The van der Waals surface area contributed by atoms with Crippen molar-refractivity contribution in [3.05, 3.63) is 47.0 Å². The zero-order valence-electron chi connectivity index (χ0n) is 16.4. The first-order valence-corrected chi connectivity index (χ1v) is 8.92. The number of nitrogens with zero attached hydrogens (tertiary/aromatic N) is 3. The van der Waals surface area contributed by atoms with Crippen LogP contribution in [0.4, 0.5) is 0 Å². The summed E-state index contributed by atoms with van der Waals surface area (Å²) in [5.74, 6) is 0.758. The number of aryl methyl sites for hydroxylation is 1. The van der Waals surface area contributed by atoms with Crippen LogP contribution >= 0.6 is 0 Å². The van der Waals surface area contributed by atoms with Crippen molar-refractivity contribution in [1.82, 2.24) is 15.0 Å². The molecule has 0 saturated carbocycles. The van der Waals surface area contributed by atoms with Gasteiger partial charge < -0.3 is 9.84 Å². The van der Waals surface area contributed by atoms with Crippen molar-refractivity contribution in [3.63, 3.8) is 0 Å². The second kappa shape index (κ2) is 6.72. The van der Waals surface area contributed by atoms with E-state index in [9.17, 15) is 5.11 Å². The highest BCUT2D eigenvalue weighted by molar-refractivity contribution is 5.75. The second-order valence-corrected chi connectivity index (χ2v) is 7.96. The van der Waals surface area contributed by atoms with Crippen molar-refractivity contribution in [1.29, 1.82) is 0 Å². The number of aliphatic hydroxyl groups is 1. The minimum absolute atomic E-state index is 0.0409. The molecule has 0 bridgehead atoms. The fourth-order valence-electron chi connectivity index (χ4n) is 3.28. The number of hydrogen-bond acceptors (Lipinski definition) is 4. The Morgan fingerprint density at radius 1 is 1.12 bits per heavy atom. The molecule has 26 heavy (non-hydrogen) atoms. The fourth-order valence-corrected chi connectivity index (χ4v) is 3.28. The molecule has 5 heteroatoms. The quantitative estimate of drug-likeness (QED) is 0.771. The maximum atomic E-state index is 10.1. The molecule has 0 aliphatic heterocycles. The molecule has 138 valence electrons. The van der Waals surface area contributed by atoms with Crippen LogP contribution < -0.4 is 4.74 Å². The third-order valence-corrected chi connectivity index (χ3v) is 4.48. The molecule has 0 amide bonds. The van der Waals surface area contributed by atoms with Crippen LogP contribution in [-0.2, 0) is 11.8 Å². The lowest BCUT2D eigenvalue weighted by Crippen LogP contribution is -2.20. The van der Waals surface area contributed by atoms with Crippen molar-refractivity contribution in [2.75, 3.05) is 7.11 Å². The Morgan fingerprint density at radius 3 is 2.42 bits per heavy atom. The van der Waals surface area contributed by atoms with Gasteiger partial charge in [-0.15, -0.1) is 10.2 Å². The molecule has 3 aromatic rings. The van der Waals surface area contributed by atoms with Gasteiger partial charge in [-0.1, -0.05) is 26.8 Å². The third kappa shape index (κ3) is 3.58. The maximum absolute atomic E-state index is 10.1. The molecule has 0 spiro atoms. The molecule has 0 fully saturated rings. The van der Waals surface area contributed by atoms with Gasteiger partial charge in [0.25, 0.3) is 0 Å². The SMILES string of the molecule is COc1ccc2nn(-c3cc(C)cc(C(C)(C)C)c3CC(C)O)nc2c1. The lowest BCUT2D eigenvalue weighted by molar-refractivity contribution is 0.194. The minimum atomic E-state index is -0.442. The van der Waals surface area contributed by atoms with Crippen LogP contribution in [0.15, 0.2) is 30.3 Å². The van der Waals surface area contributed by atoms with E-state index in [2.05, 4.69) is 50.0 Å². The summed E-state index contributed by atoms with van der Waals surface area (Å²) in [7, 11) is 1.64. The van der Waals surface area contributed by atoms with E-state index in [1.807, 2.05) is 25.1 Å². The number of aromatic nitrogens is 3. The average Bonchev–Trinajstić information content (AvgIpc) is 2.97. The van der Waals surface area contributed by atoms with Gasteiger partial charge in [0.2, 0.25) is 0 Å². The Bertz CT molecular complexity index is 936. The molecule has 1 atom stereocenters. The number of aliphatic hydroxyl groups excluding tert-OH is 1. The van der Waals surface area contributed by atoms with E-state index in [1.165, 1.54) is 5.56 Å². The Kier molecular flexibility index (Phi) is 4.76. The number of ether oxygens (including phenoxy) is 1. The summed E-state index contributed by atoms with van der Waals surface area (Å²) < 4.78 is 5.29. The Hall–Kier alpha value is -2.40. The van der Waals surface area contributed by atoms with Crippen molar-refractivity contribution >= 4 is 11.0 Å². The molecule has 0 radical (unpaired) electrons. The van der Waals surface area contributed by atoms with Gasteiger partial charge in [0.1, 0.15) is 16.8 Å². The normalized spacial score (nSPS) is 13.2. The first-order valence-electron chi connectivity index (χ1n) is 8.92. The van der Waals surface area contributed by atoms with Crippen LogP contribution in [0.5, 0.6) is 5.75 Å². The van der Waals surface area contributed by atoms with E-state index >= 15 is 0 Å². The zero-order valence-corrected chi connectivity index (χ0v) is 16.4. The van der Waals surface area contributed by atoms with Gasteiger partial charge in [-0.05, 0) is 54.2 Å². The Labute approximate surface area is 154 Å². The lowest BCUT2D eigenvalue weighted by atomic mass is 9.81. The van der Waals surface area contributed by atoms with E-state index in [4.69, 9.17) is 4.74 Å². The standard InChI is InChI=1S/C21H27N3O2/c1-13-9-17(21(3,4)5)16(11-14(2)25)20(10-13)24-22-18-8-7-15(26-6)12-19(18)23-24/h7-10,12,14,25H,11H2,1-6H3. The van der Waals surface area contributed by atoms with Crippen LogP contribution in [0, 0.1) is 6.92 Å². The number of hydrogen-bond donors (Lipinski definition) is 1. The van der Waals surface area contributed by atoms with Gasteiger partial charge in [-0.3, -0.25) is 0 Å². The predicted octanol–water partition coefficient (Wildman–Crippen LogP) is 3.96. The topological polar surface area (TPSA) is 60.2 Å². The second-order valence-electron chi connectivity index (χ2n) is 7.96. The van der Waals surface area contributed by atoms with Crippen molar-refractivity contribution < 1.29 is 9.84 Å². The van der Waals surface area contributed by atoms with E-state index in [-0.39, 0.29) is 5.41 Å². The monoisotopic (exact) mass is 353 g/mol. The van der Waals surface area contributed by atoms with E-state index in [1.54, 1.807) is 11.9 Å². The summed E-state index contributed by atoms with van der Waals surface area (Å²) >= 11 is 0. The summed E-state index contributed by atoms with van der Waals surface area (Å²) in [6.07, 6.45) is 0.117. The van der Waals surface area contributed by atoms with Crippen LogP contribution in [0.25, 0.3) is 16.7 Å². The number of rotatable bonds is 4. The fraction of sp³-hybridized carbons (Fsp3) is 0.429. The largest absolute Gasteiger partial charge is 0.497 e. The molecule has 5 nitrogen and oxygen atoms in total. The van der Waals surface area contributed by atoms with Gasteiger partial charge in [-0.25, -0.2) is 0 Å². The average molecular weight is 353 g/mol. The van der Waals surface area contributed by atoms with E-state index in [0.29, 0.717) is 6.42 Å². The summed E-state index contributed by atoms with van der Waals surface area (Å²) in [5, 5.41) is 19.4. The summed E-state index contributed by atoms with van der Waals surface area (Å²) in [5.41, 5.74) is 5.93. The zero-order chi connectivity index (χ0) is 19.1.